The van der Waals surface area contributed by atoms with Crippen molar-refractivity contribution >= 4 is 28.2 Å². The maximum atomic E-state index is 13.5. The molecule has 148 valence electrons. The van der Waals surface area contributed by atoms with Gasteiger partial charge in [0, 0.05) is 6.42 Å². The smallest absolute Gasteiger partial charge is 0.305 e. The van der Waals surface area contributed by atoms with Gasteiger partial charge in [0.05, 0.1) is 5.69 Å². The van der Waals surface area contributed by atoms with Gasteiger partial charge in [-0.3, -0.25) is 5.32 Å². The molecule has 0 aliphatic carbocycles. The second kappa shape index (κ2) is 12.4. The summed E-state index contributed by atoms with van der Waals surface area (Å²) < 4.78 is 13.5. The van der Waals surface area contributed by atoms with Crippen LogP contribution in [-0.4, -0.2) is 16.2 Å². The predicted molar refractivity (Wildman–Crippen MR) is 110 cm³/mol. The Hall–Kier alpha value is -2.02. The van der Waals surface area contributed by atoms with Gasteiger partial charge < -0.3 is 5.32 Å². The maximum Gasteiger partial charge on any atom is 0.325 e. The number of amides is 2. The molecule has 0 saturated carbocycles. The molecule has 1 aromatic heterocycles. The number of unbranched alkanes of at least 4 members (excludes halogenated alkanes) is 8. The van der Waals surface area contributed by atoms with Gasteiger partial charge in [-0.2, -0.15) is 0 Å². The Morgan fingerprint density at radius 2 is 1.63 bits per heavy atom. The first-order valence-electron chi connectivity index (χ1n) is 9.84. The fraction of sp³-hybridized carbons (Fsp3) is 0.550. The Labute approximate surface area is 164 Å². The Bertz CT molecular complexity index is 692. The summed E-state index contributed by atoms with van der Waals surface area (Å²) >= 11 is 1.37. The largest absolute Gasteiger partial charge is 0.325 e. The van der Waals surface area contributed by atoms with E-state index in [0.717, 1.165) is 17.8 Å². The molecule has 7 heteroatoms. The van der Waals surface area contributed by atoms with E-state index < -0.39 is 11.8 Å². The van der Waals surface area contributed by atoms with E-state index in [1.165, 1.54) is 74.8 Å². The minimum Gasteiger partial charge on any atom is -0.305 e. The summed E-state index contributed by atoms with van der Waals surface area (Å²) in [6.45, 7) is 2.24. The van der Waals surface area contributed by atoms with E-state index in [0.29, 0.717) is 5.13 Å². The van der Waals surface area contributed by atoms with E-state index in [1.54, 1.807) is 12.1 Å². The monoisotopic (exact) mass is 392 g/mol. The average molecular weight is 393 g/mol. The van der Waals surface area contributed by atoms with Crippen molar-refractivity contribution in [1.29, 1.82) is 0 Å². The Morgan fingerprint density at radius 1 is 0.963 bits per heavy atom. The van der Waals surface area contributed by atoms with Crippen LogP contribution in [0.4, 0.5) is 20.0 Å². The first-order chi connectivity index (χ1) is 13.2. The molecule has 0 aliphatic rings. The summed E-state index contributed by atoms with van der Waals surface area (Å²) in [5.41, 5.74) is 0.134. The van der Waals surface area contributed by atoms with Crippen molar-refractivity contribution in [1.82, 2.24) is 10.2 Å². The topological polar surface area (TPSA) is 66.9 Å². The number of aromatic nitrogens is 2. The van der Waals surface area contributed by atoms with Crippen LogP contribution < -0.4 is 10.6 Å². The zero-order valence-electron chi connectivity index (χ0n) is 16.0. The highest BCUT2D eigenvalue weighted by Crippen LogP contribution is 2.19. The fourth-order valence-electron chi connectivity index (χ4n) is 2.81. The second-order valence-electron chi connectivity index (χ2n) is 6.64. The predicted octanol–water partition coefficient (Wildman–Crippen LogP) is 6.39. The Balaban J connectivity index is 1.60. The van der Waals surface area contributed by atoms with Crippen LogP contribution in [0.25, 0.3) is 0 Å². The Morgan fingerprint density at radius 3 is 2.33 bits per heavy atom. The molecule has 27 heavy (non-hydrogen) atoms. The molecular formula is C20H29FN4OS. The molecule has 2 aromatic rings. The summed E-state index contributed by atoms with van der Waals surface area (Å²) in [6, 6.07) is 5.51. The first-order valence-corrected chi connectivity index (χ1v) is 10.7. The number of carbonyl (C=O) groups is 1. The van der Waals surface area contributed by atoms with Crippen LogP contribution in [-0.2, 0) is 6.42 Å². The van der Waals surface area contributed by atoms with Gasteiger partial charge in [-0.15, -0.1) is 10.2 Å². The van der Waals surface area contributed by atoms with Gasteiger partial charge >= 0.3 is 6.03 Å². The summed E-state index contributed by atoms with van der Waals surface area (Å²) in [6.07, 6.45) is 12.4. The standard InChI is InChI=1S/C20H29FN4OS/c1-2-3-4-5-6-7-8-9-10-15-18-24-25-20(27-18)23-19(26)22-17-14-12-11-13-16(17)21/h11-14H,2-10,15H2,1H3,(H2,22,23,25,26). The minimum absolute atomic E-state index is 0.134. The molecule has 1 heterocycles. The van der Waals surface area contributed by atoms with E-state index in [-0.39, 0.29) is 5.69 Å². The number of aryl methyl sites for hydroxylation is 1. The zero-order valence-corrected chi connectivity index (χ0v) is 16.8. The van der Waals surface area contributed by atoms with Crippen molar-refractivity contribution in [3.05, 3.63) is 35.1 Å². The van der Waals surface area contributed by atoms with Crippen LogP contribution in [0.3, 0.4) is 0 Å². The molecule has 0 spiro atoms. The van der Waals surface area contributed by atoms with Crippen LogP contribution >= 0.6 is 11.3 Å². The summed E-state index contributed by atoms with van der Waals surface area (Å²) in [7, 11) is 0. The van der Waals surface area contributed by atoms with Crippen molar-refractivity contribution in [2.45, 2.75) is 71.1 Å². The number of benzene rings is 1. The number of carbonyl (C=O) groups excluding carboxylic acids is 1. The third-order valence-electron chi connectivity index (χ3n) is 4.30. The molecule has 0 bridgehead atoms. The Kier molecular flexibility index (Phi) is 9.76. The molecule has 0 radical (unpaired) electrons. The highest BCUT2D eigenvalue weighted by atomic mass is 32.1. The lowest BCUT2D eigenvalue weighted by atomic mass is 10.1. The maximum absolute atomic E-state index is 13.5. The molecule has 2 rings (SSSR count). The number of rotatable bonds is 12. The number of anilines is 2. The van der Waals surface area contributed by atoms with E-state index in [4.69, 9.17) is 0 Å². The lowest BCUT2D eigenvalue weighted by Crippen LogP contribution is -2.19. The third-order valence-corrected chi connectivity index (χ3v) is 5.20. The quantitative estimate of drug-likeness (QED) is 0.411. The van der Waals surface area contributed by atoms with Crippen LogP contribution in [0.2, 0.25) is 0 Å². The summed E-state index contributed by atoms with van der Waals surface area (Å²) in [5, 5.41) is 14.5. The van der Waals surface area contributed by atoms with Gasteiger partial charge in [-0.1, -0.05) is 81.8 Å². The van der Waals surface area contributed by atoms with Crippen molar-refractivity contribution < 1.29 is 9.18 Å². The van der Waals surface area contributed by atoms with E-state index >= 15 is 0 Å². The highest BCUT2D eigenvalue weighted by molar-refractivity contribution is 7.15. The molecule has 5 nitrogen and oxygen atoms in total. The lowest BCUT2D eigenvalue weighted by Gasteiger charge is -2.05. The molecular weight excluding hydrogens is 363 g/mol. The van der Waals surface area contributed by atoms with Crippen LogP contribution in [0, 0.1) is 5.82 Å². The van der Waals surface area contributed by atoms with Crippen molar-refractivity contribution in [2.24, 2.45) is 0 Å². The van der Waals surface area contributed by atoms with Gasteiger partial charge in [0.1, 0.15) is 10.8 Å². The van der Waals surface area contributed by atoms with Gasteiger partial charge in [0.15, 0.2) is 0 Å². The van der Waals surface area contributed by atoms with Crippen LogP contribution in [0.5, 0.6) is 0 Å². The number of halogens is 1. The molecule has 0 fully saturated rings. The number of hydrogen-bond donors (Lipinski definition) is 2. The van der Waals surface area contributed by atoms with Gasteiger partial charge in [-0.05, 0) is 18.6 Å². The molecule has 1 aromatic carbocycles. The second-order valence-corrected chi connectivity index (χ2v) is 7.70. The molecule has 2 amide bonds. The SMILES string of the molecule is CCCCCCCCCCCc1nnc(NC(=O)Nc2ccccc2F)s1. The number of nitrogens with zero attached hydrogens (tertiary/aromatic N) is 2. The summed E-state index contributed by atoms with van der Waals surface area (Å²) in [5.74, 6) is -0.476. The first kappa shape index (κ1) is 21.3. The zero-order chi connectivity index (χ0) is 19.3. The number of hydrogen-bond acceptors (Lipinski definition) is 4. The van der Waals surface area contributed by atoms with E-state index in [1.807, 2.05) is 0 Å². The van der Waals surface area contributed by atoms with Crippen molar-refractivity contribution in [3.63, 3.8) is 0 Å². The fourth-order valence-corrected chi connectivity index (χ4v) is 3.58. The minimum atomic E-state index is -0.522. The van der Waals surface area contributed by atoms with Gasteiger partial charge in [0.2, 0.25) is 5.13 Å². The molecule has 0 aliphatic heterocycles. The molecule has 0 unspecified atom stereocenters. The van der Waals surface area contributed by atoms with Crippen molar-refractivity contribution in [2.75, 3.05) is 10.6 Å². The van der Waals surface area contributed by atoms with Gasteiger partial charge in [0.25, 0.3) is 0 Å². The van der Waals surface area contributed by atoms with Crippen LogP contribution in [0.1, 0.15) is 69.7 Å². The number of nitrogens with one attached hydrogen (secondary N) is 2. The lowest BCUT2D eigenvalue weighted by molar-refractivity contribution is 0.262. The number of para-hydroxylation sites is 1. The third kappa shape index (κ3) is 8.47. The van der Waals surface area contributed by atoms with Crippen molar-refractivity contribution in [3.8, 4) is 0 Å². The normalized spacial score (nSPS) is 10.7. The van der Waals surface area contributed by atoms with Crippen LogP contribution in [0.15, 0.2) is 24.3 Å². The molecule has 0 saturated heterocycles. The highest BCUT2D eigenvalue weighted by Gasteiger charge is 2.10. The average Bonchev–Trinajstić information content (AvgIpc) is 3.09. The van der Waals surface area contributed by atoms with E-state index in [9.17, 15) is 9.18 Å². The molecule has 0 atom stereocenters. The van der Waals surface area contributed by atoms with Gasteiger partial charge in [-0.25, -0.2) is 9.18 Å². The van der Waals surface area contributed by atoms with E-state index in [2.05, 4.69) is 27.8 Å². The summed E-state index contributed by atoms with van der Waals surface area (Å²) in [4.78, 5) is 11.9. The number of urea groups is 1. The molecule has 2 N–H and O–H groups in total.